The summed E-state index contributed by atoms with van der Waals surface area (Å²) >= 11 is 0. The van der Waals surface area contributed by atoms with E-state index in [4.69, 9.17) is 9.47 Å². The summed E-state index contributed by atoms with van der Waals surface area (Å²) in [6.45, 7) is 3.13. The SMILES string of the molecule is CCOc1ccccc1OCC(=O)NNC(=O)C1CCN(C(=O)N(C)C)CC1. The van der Waals surface area contributed by atoms with Crippen LogP contribution in [0.2, 0.25) is 0 Å². The van der Waals surface area contributed by atoms with E-state index in [0.717, 1.165) is 0 Å². The van der Waals surface area contributed by atoms with E-state index in [0.29, 0.717) is 44.0 Å². The fourth-order valence-corrected chi connectivity index (χ4v) is 2.87. The predicted octanol–water partition coefficient (Wildman–Crippen LogP) is 1.01. The van der Waals surface area contributed by atoms with Crippen molar-refractivity contribution in [1.82, 2.24) is 20.7 Å². The molecule has 0 bridgehead atoms. The van der Waals surface area contributed by atoms with Crippen molar-refractivity contribution in [2.75, 3.05) is 40.4 Å². The third-order valence-electron chi connectivity index (χ3n) is 4.35. The lowest BCUT2D eigenvalue weighted by Gasteiger charge is -2.32. The molecule has 0 radical (unpaired) electrons. The Morgan fingerprint density at radius 2 is 1.68 bits per heavy atom. The Morgan fingerprint density at radius 1 is 1.07 bits per heavy atom. The number of benzene rings is 1. The van der Waals surface area contributed by atoms with Gasteiger partial charge in [0, 0.05) is 33.1 Å². The van der Waals surface area contributed by atoms with Crippen molar-refractivity contribution >= 4 is 17.8 Å². The van der Waals surface area contributed by atoms with Crippen LogP contribution in [0.25, 0.3) is 0 Å². The van der Waals surface area contributed by atoms with Crippen LogP contribution in [0.1, 0.15) is 19.8 Å². The quantitative estimate of drug-likeness (QED) is 0.704. The van der Waals surface area contributed by atoms with Gasteiger partial charge in [-0.2, -0.15) is 0 Å². The van der Waals surface area contributed by atoms with Crippen LogP contribution in [0.5, 0.6) is 11.5 Å². The summed E-state index contributed by atoms with van der Waals surface area (Å²) in [5, 5.41) is 0. The Kier molecular flexibility index (Phi) is 7.91. The highest BCUT2D eigenvalue weighted by Gasteiger charge is 2.28. The maximum atomic E-state index is 12.2. The molecular formula is C19H28N4O5. The average Bonchev–Trinajstić information content (AvgIpc) is 2.71. The van der Waals surface area contributed by atoms with Crippen LogP contribution in [0.15, 0.2) is 24.3 Å². The second-order valence-electron chi connectivity index (χ2n) is 6.64. The predicted molar refractivity (Wildman–Crippen MR) is 103 cm³/mol. The maximum absolute atomic E-state index is 12.2. The van der Waals surface area contributed by atoms with Crippen molar-refractivity contribution in [2.24, 2.45) is 5.92 Å². The first kappa shape index (κ1) is 21.3. The van der Waals surface area contributed by atoms with Gasteiger partial charge in [-0.25, -0.2) is 4.79 Å². The molecule has 0 spiro atoms. The van der Waals surface area contributed by atoms with Crippen LogP contribution in [0.3, 0.4) is 0 Å². The molecule has 0 atom stereocenters. The molecule has 28 heavy (non-hydrogen) atoms. The van der Waals surface area contributed by atoms with E-state index < -0.39 is 5.91 Å². The van der Waals surface area contributed by atoms with Gasteiger partial charge in [-0.15, -0.1) is 0 Å². The molecule has 0 saturated carbocycles. The van der Waals surface area contributed by atoms with E-state index in [1.54, 1.807) is 37.2 Å². The molecule has 0 unspecified atom stereocenters. The van der Waals surface area contributed by atoms with Gasteiger partial charge in [0.05, 0.1) is 6.61 Å². The third-order valence-corrected chi connectivity index (χ3v) is 4.35. The molecule has 9 heteroatoms. The molecule has 1 heterocycles. The van der Waals surface area contributed by atoms with Crippen LogP contribution in [-0.2, 0) is 9.59 Å². The number of piperidine rings is 1. The molecule has 1 fully saturated rings. The van der Waals surface area contributed by atoms with E-state index in [2.05, 4.69) is 10.9 Å². The number of carbonyl (C=O) groups excluding carboxylic acids is 3. The van der Waals surface area contributed by atoms with E-state index in [1.807, 2.05) is 13.0 Å². The third kappa shape index (κ3) is 6.04. The maximum Gasteiger partial charge on any atom is 0.319 e. The monoisotopic (exact) mass is 392 g/mol. The highest BCUT2D eigenvalue weighted by atomic mass is 16.5. The molecule has 4 amide bonds. The van der Waals surface area contributed by atoms with Gasteiger partial charge < -0.3 is 19.3 Å². The van der Waals surface area contributed by atoms with E-state index in [9.17, 15) is 14.4 Å². The summed E-state index contributed by atoms with van der Waals surface area (Å²) in [7, 11) is 3.40. The summed E-state index contributed by atoms with van der Waals surface area (Å²) in [6, 6.07) is 7.00. The second-order valence-corrected chi connectivity index (χ2v) is 6.64. The molecule has 9 nitrogen and oxygen atoms in total. The number of para-hydroxylation sites is 2. The van der Waals surface area contributed by atoms with Gasteiger partial charge >= 0.3 is 6.03 Å². The molecule has 1 aliphatic rings. The lowest BCUT2D eigenvalue weighted by Crippen LogP contribution is -2.50. The van der Waals surface area contributed by atoms with Crippen molar-refractivity contribution in [2.45, 2.75) is 19.8 Å². The summed E-state index contributed by atoms with van der Waals surface area (Å²) in [5.74, 6) is 0.0376. The summed E-state index contributed by atoms with van der Waals surface area (Å²) in [5.41, 5.74) is 4.79. The molecule has 1 aromatic carbocycles. The smallest absolute Gasteiger partial charge is 0.319 e. The molecule has 154 valence electrons. The van der Waals surface area contributed by atoms with Crippen LogP contribution < -0.4 is 20.3 Å². The van der Waals surface area contributed by atoms with Crippen LogP contribution in [-0.4, -0.2) is 68.0 Å². The van der Waals surface area contributed by atoms with E-state index in [-0.39, 0.29) is 24.5 Å². The molecule has 2 rings (SSSR count). The van der Waals surface area contributed by atoms with Gasteiger partial charge in [-0.3, -0.25) is 20.4 Å². The minimum atomic E-state index is -0.472. The zero-order valence-electron chi connectivity index (χ0n) is 16.6. The zero-order chi connectivity index (χ0) is 20.5. The number of hydrazine groups is 1. The normalized spacial score (nSPS) is 14.2. The highest BCUT2D eigenvalue weighted by Crippen LogP contribution is 2.26. The van der Waals surface area contributed by atoms with Gasteiger partial charge in [0.15, 0.2) is 18.1 Å². The lowest BCUT2D eigenvalue weighted by molar-refractivity contribution is -0.132. The molecule has 2 N–H and O–H groups in total. The summed E-state index contributed by atoms with van der Waals surface area (Å²) in [4.78, 5) is 39.3. The summed E-state index contributed by atoms with van der Waals surface area (Å²) in [6.07, 6.45) is 1.11. The average molecular weight is 392 g/mol. The minimum Gasteiger partial charge on any atom is -0.490 e. The number of hydrogen-bond donors (Lipinski definition) is 2. The van der Waals surface area contributed by atoms with Crippen LogP contribution in [0.4, 0.5) is 4.79 Å². The Balaban J connectivity index is 1.72. The Bertz CT molecular complexity index is 687. The second kappa shape index (κ2) is 10.4. The van der Waals surface area contributed by atoms with Crippen molar-refractivity contribution in [3.8, 4) is 11.5 Å². The van der Waals surface area contributed by atoms with Gasteiger partial charge in [0.1, 0.15) is 0 Å². The number of amides is 4. The largest absolute Gasteiger partial charge is 0.490 e. The first-order chi connectivity index (χ1) is 13.4. The fraction of sp³-hybridized carbons (Fsp3) is 0.526. The molecule has 0 aromatic heterocycles. The van der Waals surface area contributed by atoms with Crippen molar-refractivity contribution in [3.63, 3.8) is 0 Å². The van der Waals surface area contributed by atoms with Gasteiger partial charge in [0.2, 0.25) is 5.91 Å². The molecular weight excluding hydrogens is 364 g/mol. The number of carbonyl (C=O) groups is 3. The molecule has 0 aliphatic carbocycles. The number of likely N-dealkylation sites (tertiary alicyclic amines) is 1. The standard InChI is InChI=1S/C19H28N4O5/c1-4-27-15-7-5-6-8-16(15)28-13-17(24)20-21-18(25)14-9-11-23(12-10-14)19(26)22(2)3/h5-8,14H,4,9-13H2,1-3H3,(H,20,24)(H,21,25). The topological polar surface area (TPSA) is 100 Å². The molecule has 1 aromatic rings. The Labute approximate surface area is 164 Å². The van der Waals surface area contributed by atoms with Crippen molar-refractivity contribution in [3.05, 3.63) is 24.3 Å². The number of ether oxygens (including phenoxy) is 2. The molecule has 1 aliphatic heterocycles. The number of nitrogens with one attached hydrogen (secondary N) is 2. The first-order valence-corrected chi connectivity index (χ1v) is 9.32. The molecule has 1 saturated heterocycles. The van der Waals surface area contributed by atoms with Gasteiger partial charge in [0.25, 0.3) is 5.91 Å². The van der Waals surface area contributed by atoms with Gasteiger partial charge in [-0.1, -0.05) is 12.1 Å². The fourth-order valence-electron chi connectivity index (χ4n) is 2.87. The zero-order valence-corrected chi connectivity index (χ0v) is 16.6. The van der Waals surface area contributed by atoms with Crippen LogP contribution in [0, 0.1) is 5.92 Å². The first-order valence-electron chi connectivity index (χ1n) is 9.32. The van der Waals surface area contributed by atoms with Crippen LogP contribution >= 0.6 is 0 Å². The number of urea groups is 1. The number of hydrogen-bond acceptors (Lipinski definition) is 5. The van der Waals surface area contributed by atoms with Crippen molar-refractivity contribution < 1.29 is 23.9 Å². The van der Waals surface area contributed by atoms with E-state index in [1.165, 1.54) is 4.90 Å². The van der Waals surface area contributed by atoms with E-state index >= 15 is 0 Å². The number of rotatable bonds is 6. The van der Waals surface area contributed by atoms with Crippen molar-refractivity contribution in [1.29, 1.82) is 0 Å². The Hall–Kier alpha value is -2.97. The lowest BCUT2D eigenvalue weighted by atomic mass is 9.96. The minimum absolute atomic E-state index is 0.0587. The Morgan fingerprint density at radius 3 is 2.25 bits per heavy atom. The number of nitrogens with zero attached hydrogens (tertiary/aromatic N) is 2. The summed E-state index contributed by atoms with van der Waals surface area (Å²) < 4.78 is 10.9. The van der Waals surface area contributed by atoms with Gasteiger partial charge in [-0.05, 0) is 31.9 Å². The highest BCUT2D eigenvalue weighted by molar-refractivity contribution is 5.84.